The summed E-state index contributed by atoms with van der Waals surface area (Å²) in [5, 5.41) is 14.2. The molecule has 3 N–H and O–H groups in total. The number of hydrogen-bond donors (Lipinski definition) is 3. The van der Waals surface area contributed by atoms with E-state index in [0.717, 1.165) is 12.0 Å². The highest BCUT2D eigenvalue weighted by atomic mass is 16.5. The Hall–Kier alpha value is -2.34. The molecule has 0 heterocycles. The van der Waals surface area contributed by atoms with Crippen molar-refractivity contribution in [3.63, 3.8) is 0 Å². The molecule has 0 bridgehead atoms. The van der Waals surface area contributed by atoms with Crippen molar-refractivity contribution < 1.29 is 19.4 Å². The second-order valence-electron chi connectivity index (χ2n) is 4.30. The molecule has 0 saturated carbocycles. The fourth-order valence-electron chi connectivity index (χ4n) is 1.56. The van der Waals surface area contributed by atoms with Gasteiger partial charge >= 0.3 is 12.0 Å². The summed E-state index contributed by atoms with van der Waals surface area (Å²) in [6.07, 6.45) is 2.55. The summed E-state index contributed by atoms with van der Waals surface area (Å²) in [7, 11) is 0. The molecule has 21 heavy (non-hydrogen) atoms. The monoisotopic (exact) mass is 292 g/mol. The van der Waals surface area contributed by atoms with Crippen molar-refractivity contribution in [1.29, 1.82) is 0 Å². The molecule has 0 aliphatic rings. The van der Waals surface area contributed by atoms with Crippen LogP contribution in [0.4, 0.5) is 4.79 Å². The summed E-state index contributed by atoms with van der Waals surface area (Å²) in [5.41, 5.74) is 0.928. The van der Waals surface area contributed by atoms with Crippen LogP contribution in [-0.4, -0.2) is 36.9 Å². The molecular formula is C15H20N2O4. The molecule has 0 saturated heterocycles. The molecular weight excluding hydrogens is 272 g/mol. The third kappa shape index (κ3) is 7.12. The van der Waals surface area contributed by atoms with Gasteiger partial charge < -0.3 is 20.5 Å². The van der Waals surface area contributed by atoms with Crippen LogP contribution in [0.25, 0.3) is 0 Å². The van der Waals surface area contributed by atoms with E-state index >= 15 is 0 Å². The first-order valence-corrected chi connectivity index (χ1v) is 6.66. The summed E-state index contributed by atoms with van der Waals surface area (Å²) in [6, 6.07) is 6.12. The van der Waals surface area contributed by atoms with E-state index in [2.05, 4.69) is 17.2 Å². The molecule has 1 rings (SSSR count). The molecule has 0 spiro atoms. The van der Waals surface area contributed by atoms with Crippen molar-refractivity contribution in [2.45, 2.75) is 13.0 Å². The van der Waals surface area contributed by atoms with Crippen LogP contribution in [0, 0.1) is 0 Å². The highest BCUT2D eigenvalue weighted by molar-refractivity contribution is 5.87. The van der Waals surface area contributed by atoms with E-state index in [-0.39, 0.29) is 18.1 Å². The predicted molar refractivity (Wildman–Crippen MR) is 79.3 cm³/mol. The lowest BCUT2D eigenvalue weighted by Gasteiger charge is -2.08. The fourth-order valence-corrected chi connectivity index (χ4v) is 1.56. The molecule has 0 aromatic heterocycles. The number of carbonyl (C=O) groups excluding carboxylic acids is 1. The van der Waals surface area contributed by atoms with Gasteiger partial charge in [0.25, 0.3) is 0 Å². The van der Waals surface area contributed by atoms with Crippen molar-refractivity contribution in [2.24, 2.45) is 0 Å². The topological polar surface area (TPSA) is 87.7 Å². The highest BCUT2D eigenvalue weighted by Crippen LogP contribution is 2.04. The Bertz CT molecular complexity index is 488. The van der Waals surface area contributed by atoms with Gasteiger partial charge in [0, 0.05) is 13.1 Å². The summed E-state index contributed by atoms with van der Waals surface area (Å²) in [6.45, 7) is 5.30. The molecule has 0 aliphatic carbocycles. The van der Waals surface area contributed by atoms with Crippen LogP contribution in [0.15, 0.2) is 36.9 Å². The minimum atomic E-state index is -0.988. The molecule has 6 nitrogen and oxygen atoms in total. The second kappa shape index (κ2) is 9.55. The van der Waals surface area contributed by atoms with Gasteiger partial charge in [-0.2, -0.15) is 0 Å². The van der Waals surface area contributed by atoms with Gasteiger partial charge in [0.15, 0.2) is 0 Å². The Balaban J connectivity index is 2.22. The first-order valence-electron chi connectivity index (χ1n) is 6.66. The maximum absolute atomic E-state index is 11.5. The maximum Gasteiger partial charge on any atom is 0.335 e. The zero-order valence-electron chi connectivity index (χ0n) is 11.8. The van der Waals surface area contributed by atoms with E-state index in [9.17, 15) is 9.59 Å². The van der Waals surface area contributed by atoms with E-state index in [0.29, 0.717) is 19.8 Å². The van der Waals surface area contributed by atoms with Gasteiger partial charge in [0.2, 0.25) is 0 Å². The van der Waals surface area contributed by atoms with E-state index in [1.165, 1.54) is 12.1 Å². The van der Waals surface area contributed by atoms with Crippen LogP contribution < -0.4 is 10.6 Å². The van der Waals surface area contributed by atoms with E-state index in [1.54, 1.807) is 18.2 Å². The maximum atomic E-state index is 11.5. The quantitative estimate of drug-likeness (QED) is 0.478. The normalized spacial score (nSPS) is 9.90. The Kier molecular flexibility index (Phi) is 7.60. The zero-order chi connectivity index (χ0) is 15.5. The Morgan fingerprint density at radius 2 is 2.10 bits per heavy atom. The summed E-state index contributed by atoms with van der Waals surface area (Å²) in [5.74, 6) is -0.988. The van der Waals surface area contributed by atoms with Crippen molar-refractivity contribution in [2.75, 3.05) is 19.8 Å². The number of amides is 2. The molecule has 1 aromatic rings. The molecule has 6 heteroatoms. The molecule has 0 aliphatic heterocycles. The largest absolute Gasteiger partial charge is 0.478 e. The second-order valence-corrected chi connectivity index (χ2v) is 4.30. The van der Waals surface area contributed by atoms with Gasteiger partial charge in [-0.3, -0.25) is 0 Å². The van der Waals surface area contributed by atoms with Crippen LogP contribution in [0.1, 0.15) is 22.3 Å². The molecule has 114 valence electrons. The number of aromatic carboxylic acids is 1. The molecule has 0 fully saturated rings. The van der Waals surface area contributed by atoms with Gasteiger partial charge in [0.05, 0.1) is 18.8 Å². The summed E-state index contributed by atoms with van der Waals surface area (Å²) >= 11 is 0. The van der Waals surface area contributed by atoms with Crippen molar-refractivity contribution in [3.8, 4) is 0 Å². The number of carbonyl (C=O) groups is 2. The lowest BCUT2D eigenvalue weighted by Crippen LogP contribution is -2.36. The lowest BCUT2D eigenvalue weighted by molar-refractivity contribution is 0.0696. The van der Waals surface area contributed by atoms with E-state index in [1.807, 2.05) is 0 Å². The third-order valence-corrected chi connectivity index (χ3v) is 2.63. The highest BCUT2D eigenvalue weighted by Gasteiger charge is 2.04. The standard InChI is InChI=1S/C15H20N2O4/c1-2-3-8-21-9-7-16-15(20)17-11-12-5-4-6-13(10-12)14(18)19/h2,4-6,10H,1,3,7-9,11H2,(H,18,19)(H2,16,17,20). The minimum absolute atomic E-state index is 0.199. The van der Waals surface area contributed by atoms with Gasteiger partial charge in [-0.25, -0.2) is 9.59 Å². The number of benzene rings is 1. The van der Waals surface area contributed by atoms with Crippen molar-refractivity contribution in [1.82, 2.24) is 10.6 Å². The minimum Gasteiger partial charge on any atom is -0.478 e. The van der Waals surface area contributed by atoms with Crippen LogP contribution in [-0.2, 0) is 11.3 Å². The van der Waals surface area contributed by atoms with Gasteiger partial charge in [-0.1, -0.05) is 18.2 Å². The Morgan fingerprint density at radius 3 is 2.81 bits per heavy atom. The number of carboxylic acids is 1. The first kappa shape index (κ1) is 16.7. The summed E-state index contributed by atoms with van der Waals surface area (Å²) in [4.78, 5) is 22.3. The summed E-state index contributed by atoms with van der Waals surface area (Å²) < 4.78 is 5.25. The predicted octanol–water partition coefficient (Wildman–Crippen LogP) is 1.78. The Labute approximate surface area is 123 Å². The number of ether oxygens (including phenoxy) is 1. The average Bonchev–Trinajstić information content (AvgIpc) is 2.49. The molecule has 1 aromatic carbocycles. The van der Waals surface area contributed by atoms with Crippen LogP contribution >= 0.6 is 0 Å². The zero-order valence-corrected chi connectivity index (χ0v) is 11.8. The van der Waals surface area contributed by atoms with Crippen LogP contribution in [0.2, 0.25) is 0 Å². The van der Waals surface area contributed by atoms with Crippen LogP contribution in [0.5, 0.6) is 0 Å². The number of nitrogens with one attached hydrogen (secondary N) is 2. The third-order valence-electron chi connectivity index (χ3n) is 2.63. The van der Waals surface area contributed by atoms with Crippen molar-refractivity contribution >= 4 is 12.0 Å². The number of carboxylic acid groups (broad SMARTS) is 1. The van der Waals surface area contributed by atoms with Gasteiger partial charge in [-0.05, 0) is 24.1 Å². The molecule has 0 radical (unpaired) electrons. The van der Waals surface area contributed by atoms with Gasteiger partial charge in [-0.15, -0.1) is 6.58 Å². The SMILES string of the molecule is C=CCCOCCNC(=O)NCc1cccc(C(=O)O)c1. The lowest BCUT2D eigenvalue weighted by atomic mass is 10.1. The van der Waals surface area contributed by atoms with Gasteiger partial charge in [0.1, 0.15) is 0 Å². The number of urea groups is 1. The fraction of sp³-hybridized carbons (Fsp3) is 0.333. The molecule has 0 unspecified atom stereocenters. The average molecular weight is 292 g/mol. The van der Waals surface area contributed by atoms with E-state index < -0.39 is 5.97 Å². The molecule has 0 atom stereocenters. The molecule has 2 amide bonds. The smallest absolute Gasteiger partial charge is 0.335 e. The number of rotatable bonds is 9. The number of hydrogen-bond acceptors (Lipinski definition) is 3. The van der Waals surface area contributed by atoms with E-state index in [4.69, 9.17) is 9.84 Å². The van der Waals surface area contributed by atoms with Crippen LogP contribution in [0.3, 0.4) is 0 Å². The first-order chi connectivity index (χ1) is 10.1. The van der Waals surface area contributed by atoms with Crippen molar-refractivity contribution in [3.05, 3.63) is 48.0 Å². The Morgan fingerprint density at radius 1 is 1.29 bits per heavy atom.